The molecule has 2 aliphatic carbocycles. The van der Waals surface area contributed by atoms with Crippen molar-refractivity contribution in [2.45, 2.75) is 37.0 Å². The highest BCUT2D eigenvalue weighted by Gasteiger charge is 2.45. The number of fused-ring (bicyclic) bond motifs is 4. The monoisotopic (exact) mass is 720 g/mol. The summed E-state index contributed by atoms with van der Waals surface area (Å²) in [6.07, 6.45) is 38.7. The lowest BCUT2D eigenvalue weighted by Crippen LogP contribution is -2.27. The molecular formula is C52H52N2O. The molecular weight excluding hydrogens is 669 g/mol. The molecule has 55 heavy (non-hydrogen) atoms. The zero-order valence-corrected chi connectivity index (χ0v) is 32.1. The number of nitrogens with two attached hydrogens (primary N) is 1. The van der Waals surface area contributed by atoms with Gasteiger partial charge in [0.15, 0.2) is 0 Å². The molecule has 0 saturated carbocycles. The molecule has 2 unspecified atom stereocenters. The van der Waals surface area contributed by atoms with Gasteiger partial charge in [-0.25, -0.2) is 0 Å². The van der Waals surface area contributed by atoms with Crippen molar-refractivity contribution in [3.63, 3.8) is 0 Å². The Balaban J connectivity index is 0.00000253. The molecule has 276 valence electrons. The summed E-state index contributed by atoms with van der Waals surface area (Å²) in [7, 11) is 3.15. The van der Waals surface area contributed by atoms with Crippen LogP contribution in [0.25, 0.3) is 27.5 Å². The molecule has 3 heteroatoms. The summed E-state index contributed by atoms with van der Waals surface area (Å²) in [6.45, 7) is 8.19. The molecule has 0 fully saturated rings. The van der Waals surface area contributed by atoms with Crippen LogP contribution in [0.15, 0.2) is 212 Å². The number of allylic oxidation sites excluding steroid dienone is 17. The summed E-state index contributed by atoms with van der Waals surface area (Å²) < 4.78 is 5.28. The minimum atomic E-state index is -0.367. The molecule has 0 saturated heterocycles. The maximum Gasteiger partial charge on any atom is 0.111 e. The quantitative estimate of drug-likeness (QED) is 0.141. The summed E-state index contributed by atoms with van der Waals surface area (Å²) in [5, 5.41) is 5.89. The van der Waals surface area contributed by atoms with Gasteiger partial charge in [-0.05, 0) is 118 Å². The topological polar surface area (TPSA) is 47.3 Å². The summed E-state index contributed by atoms with van der Waals surface area (Å²) in [5.74, 6) is 0.883. The Hall–Kier alpha value is -6.16. The van der Waals surface area contributed by atoms with Gasteiger partial charge in [-0.1, -0.05) is 159 Å². The fraction of sp³-hybridized carbons (Fsp3) is 0.154. The van der Waals surface area contributed by atoms with Gasteiger partial charge in [0.1, 0.15) is 5.76 Å². The van der Waals surface area contributed by atoms with E-state index in [4.69, 9.17) is 4.74 Å². The number of ether oxygens (including phenoxy) is 1. The van der Waals surface area contributed by atoms with Crippen molar-refractivity contribution in [3.05, 3.63) is 235 Å². The Morgan fingerprint density at radius 3 is 2.42 bits per heavy atom. The minimum absolute atomic E-state index is 0.250. The van der Waals surface area contributed by atoms with E-state index >= 15 is 0 Å². The first kappa shape index (κ1) is 38.6. The van der Waals surface area contributed by atoms with Crippen molar-refractivity contribution < 1.29 is 4.74 Å². The minimum Gasteiger partial charge on any atom is -0.497 e. The lowest BCUT2D eigenvalue weighted by atomic mass is 9.68. The second-order valence-corrected chi connectivity index (χ2v) is 13.7. The van der Waals surface area contributed by atoms with E-state index in [1.54, 1.807) is 7.11 Å². The smallest absolute Gasteiger partial charge is 0.111 e. The van der Waals surface area contributed by atoms with E-state index < -0.39 is 0 Å². The van der Waals surface area contributed by atoms with Crippen molar-refractivity contribution in [3.8, 4) is 11.1 Å². The van der Waals surface area contributed by atoms with E-state index in [0.717, 1.165) is 37.0 Å². The molecule has 4 aromatic rings. The summed E-state index contributed by atoms with van der Waals surface area (Å²) in [6, 6.07) is 31.3. The Bertz CT molecular complexity index is 2290. The molecule has 3 N–H and O–H groups in total. The van der Waals surface area contributed by atoms with Gasteiger partial charge in [-0.3, -0.25) is 0 Å². The molecule has 1 aliphatic heterocycles. The van der Waals surface area contributed by atoms with Crippen LogP contribution in [0.4, 0.5) is 0 Å². The standard InChI is InChI=1S/C51H47NO.CH5N/c1-38-20-8-4-10-24-41(40-22-11-5-12-23-40)27-18-28-42(33-35-52-38)46-31-19-32-48-50(46)47-36-43-25-15-16-26-44(43)37-49(47)51(48,45-29-13-6-14-30-45)34-17-7-9-21-39(2)53-3;1-2/h4-5,7-13,15-23,25-33,35-37,41,52H,1-2,6,14,24,34H2,3H3;2H2,1H3/b10-4-,17-7-,20-8-,21-9-,27-18+,35-33-,42-28+;. The molecule has 3 aliphatic rings. The van der Waals surface area contributed by atoms with Gasteiger partial charge in [0.25, 0.3) is 0 Å². The lowest BCUT2D eigenvalue weighted by Gasteiger charge is -2.34. The fourth-order valence-corrected chi connectivity index (χ4v) is 7.83. The van der Waals surface area contributed by atoms with Gasteiger partial charge in [0.05, 0.1) is 7.11 Å². The highest BCUT2D eigenvalue weighted by Crippen LogP contribution is 2.58. The Kier molecular flexibility index (Phi) is 13.1. The van der Waals surface area contributed by atoms with Gasteiger partial charge in [-0.2, -0.15) is 0 Å². The summed E-state index contributed by atoms with van der Waals surface area (Å²) >= 11 is 0. The zero-order chi connectivity index (χ0) is 38.5. The van der Waals surface area contributed by atoms with Crippen molar-refractivity contribution in [2.24, 2.45) is 5.73 Å². The van der Waals surface area contributed by atoms with E-state index in [1.807, 2.05) is 24.4 Å². The van der Waals surface area contributed by atoms with Crippen molar-refractivity contribution >= 4 is 16.3 Å². The lowest BCUT2D eigenvalue weighted by molar-refractivity contribution is 0.309. The molecule has 4 aromatic carbocycles. The Labute approximate surface area is 328 Å². The predicted molar refractivity (Wildman–Crippen MR) is 236 cm³/mol. The third kappa shape index (κ3) is 8.64. The van der Waals surface area contributed by atoms with Gasteiger partial charge in [-0.15, -0.1) is 0 Å². The second-order valence-electron chi connectivity index (χ2n) is 13.7. The number of hydrogen-bond donors (Lipinski definition) is 2. The van der Waals surface area contributed by atoms with E-state index in [1.165, 1.54) is 56.8 Å². The Morgan fingerprint density at radius 2 is 1.64 bits per heavy atom. The van der Waals surface area contributed by atoms with Crippen molar-refractivity contribution in [1.82, 2.24) is 5.32 Å². The predicted octanol–water partition coefficient (Wildman–Crippen LogP) is 12.5. The second kappa shape index (κ2) is 18.7. The van der Waals surface area contributed by atoms with Crippen LogP contribution in [-0.2, 0) is 10.2 Å². The highest BCUT2D eigenvalue weighted by atomic mass is 16.5. The van der Waals surface area contributed by atoms with Gasteiger partial charge in [0.2, 0.25) is 0 Å². The fourth-order valence-electron chi connectivity index (χ4n) is 7.83. The largest absolute Gasteiger partial charge is 0.497 e. The van der Waals surface area contributed by atoms with Crippen LogP contribution >= 0.6 is 0 Å². The molecule has 0 amide bonds. The van der Waals surface area contributed by atoms with Crippen LogP contribution in [0, 0.1) is 0 Å². The average molecular weight is 721 g/mol. The number of nitrogens with one attached hydrogen (secondary N) is 1. The maximum atomic E-state index is 5.28. The molecule has 0 aromatic heterocycles. The van der Waals surface area contributed by atoms with Crippen LogP contribution in [0.2, 0.25) is 0 Å². The molecule has 7 rings (SSSR count). The maximum absolute atomic E-state index is 5.28. The molecule has 3 nitrogen and oxygen atoms in total. The van der Waals surface area contributed by atoms with Crippen molar-refractivity contribution in [2.75, 3.05) is 14.2 Å². The van der Waals surface area contributed by atoms with Crippen LogP contribution in [-0.4, -0.2) is 14.2 Å². The third-order valence-electron chi connectivity index (χ3n) is 10.5. The van der Waals surface area contributed by atoms with Crippen LogP contribution < -0.4 is 11.1 Å². The number of methoxy groups -OCH3 is 1. The van der Waals surface area contributed by atoms with Gasteiger partial charge in [0, 0.05) is 23.2 Å². The van der Waals surface area contributed by atoms with E-state index in [2.05, 4.69) is 182 Å². The molecule has 2 atom stereocenters. The molecule has 1 heterocycles. The first-order chi connectivity index (χ1) is 27.1. The summed E-state index contributed by atoms with van der Waals surface area (Å²) in [5.41, 5.74) is 15.2. The average Bonchev–Trinajstić information content (AvgIpc) is 3.51. The number of benzene rings is 4. The highest BCUT2D eigenvalue weighted by molar-refractivity contribution is 5.99. The van der Waals surface area contributed by atoms with Crippen LogP contribution in [0.1, 0.15) is 53.9 Å². The molecule has 0 bridgehead atoms. The van der Waals surface area contributed by atoms with Gasteiger partial charge >= 0.3 is 0 Å². The first-order valence-corrected chi connectivity index (χ1v) is 19.2. The summed E-state index contributed by atoms with van der Waals surface area (Å²) in [4.78, 5) is 0. The zero-order valence-electron chi connectivity index (χ0n) is 32.1. The van der Waals surface area contributed by atoms with Gasteiger partial charge < -0.3 is 15.8 Å². The number of hydrogen-bond acceptors (Lipinski definition) is 3. The first-order valence-electron chi connectivity index (χ1n) is 19.2. The van der Waals surface area contributed by atoms with E-state index in [-0.39, 0.29) is 11.3 Å². The Morgan fingerprint density at radius 1 is 0.836 bits per heavy atom. The van der Waals surface area contributed by atoms with E-state index in [0.29, 0.717) is 5.76 Å². The number of rotatable bonds is 8. The van der Waals surface area contributed by atoms with Crippen molar-refractivity contribution in [1.29, 1.82) is 0 Å². The SMILES string of the molecule is C=C1/C=C\C=C/CC(c2ccccc2)/C=C/C=C(c2cccc3c2-c2cc4ccccc4cc2C3(C/C=C\C=C/C(=C)OC)C2=CCCC=C2)\C=C/N1.CN. The van der Waals surface area contributed by atoms with Crippen LogP contribution in [0.3, 0.4) is 0 Å². The molecule has 0 radical (unpaired) electrons. The third-order valence-corrected chi connectivity index (χ3v) is 10.5. The molecule has 0 spiro atoms. The normalized spacial score (nSPS) is 22.5. The van der Waals surface area contributed by atoms with E-state index in [9.17, 15) is 0 Å². The van der Waals surface area contributed by atoms with Crippen LogP contribution in [0.5, 0.6) is 0 Å².